The van der Waals surface area contributed by atoms with Crippen molar-refractivity contribution in [2.45, 2.75) is 19.3 Å². The van der Waals surface area contributed by atoms with Crippen molar-refractivity contribution in [3.8, 4) is 0 Å². The van der Waals surface area contributed by atoms with Gasteiger partial charge in [-0.2, -0.15) is 0 Å². The molecule has 11 heavy (non-hydrogen) atoms. The highest BCUT2D eigenvalue weighted by Crippen LogP contribution is 2.44. The Hall–Kier alpha value is -0.340. The van der Waals surface area contributed by atoms with Crippen LogP contribution in [0.1, 0.15) is 19.3 Å². The van der Waals surface area contributed by atoms with Gasteiger partial charge in [0, 0.05) is 0 Å². The molecule has 2 aliphatic rings. The van der Waals surface area contributed by atoms with Crippen molar-refractivity contribution in [3.05, 3.63) is 12.2 Å². The molecule has 0 saturated heterocycles. The molecule has 0 aliphatic heterocycles. The minimum atomic E-state index is 0.724. The lowest BCUT2D eigenvalue weighted by Crippen LogP contribution is -2.12. The first-order chi connectivity index (χ1) is 5.40. The predicted octanol–water partition coefficient (Wildman–Crippen LogP) is 1.48. The molecule has 3 unspecified atom stereocenters. The zero-order valence-electron chi connectivity index (χ0n) is 6.70. The molecule has 2 N–H and O–H groups in total. The van der Waals surface area contributed by atoms with Gasteiger partial charge < -0.3 is 4.84 Å². The van der Waals surface area contributed by atoms with Crippen molar-refractivity contribution >= 4 is 0 Å². The fourth-order valence-corrected chi connectivity index (χ4v) is 2.45. The average molecular weight is 153 g/mol. The summed E-state index contributed by atoms with van der Waals surface area (Å²) in [4.78, 5) is 4.59. The van der Waals surface area contributed by atoms with Crippen LogP contribution in [-0.4, -0.2) is 6.61 Å². The molecule has 2 nitrogen and oxygen atoms in total. The van der Waals surface area contributed by atoms with Crippen LogP contribution in [0.3, 0.4) is 0 Å². The van der Waals surface area contributed by atoms with Crippen LogP contribution < -0.4 is 5.90 Å². The summed E-state index contributed by atoms with van der Waals surface area (Å²) in [5.41, 5.74) is 0. The van der Waals surface area contributed by atoms with Gasteiger partial charge in [-0.1, -0.05) is 12.2 Å². The van der Waals surface area contributed by atoms with Crippen molar-refractivity contribution in [3.63, 3.8) is 0 Å². The molecule has 62 valence electrons. The molecule has 0 aromatic carbocycles. The Morgan fingerprint density at radius 2 is 2.27 bits per heavy atom. The van der Waals surface area contributed by atoms with E-state index in [-0.39, 0.29) is 0 Å². The van der Waals surface area contributed by atoms with E-state index < -0.39 is 0 Å². The molecule has 1 saturated carbocycles. The molecule has 0 aromatic rings. The van der Waals surface area contributed by atoms with E-state index in [0.29, 0.717) is 0 Å². The van der Waals surface area contributed by atoms with Gasteiger partial charge in [0.1, 0.15) is 0 Å². The van der Waals surface area contributed by atoms with E-state index in [1.165, 1.54) is 12.8 Å². The summed E-state index contributed by atoms with van der Waals surface area (Å²) in [6.45, 7) is 0.724. The average Bonchev–Trinajstić information content (AvgIpc) is 2.60. The largest absolute Gasteiger partial charge is 0.305 e. The number of nitrogens with two attached hydrogens (primary N) is 1. The van der Waals surface area contributed by atoms with E-state index in [0.717, 1.165) is 30.8 Å². The van der Waals surface area contributed by atoms with E-state index in [4.69, 9.17) is 5.90 Å². The van der Waals surface area contributed by atoms with Gasteiger partial charge >= 0.3 is 0 Å². The van der Waals surface area contributed by atoms with Crippen molar-refractivity contribution < 1.29 is 4.84 Å². The number of allylic oxidation sites excluding steroid dienone is 2. The molecule has 2 heteroatoms. The van der Waals surface area contributed by atoms with Gasteiger partial charge in [-0.3, -0.25) is 0 Å². The van der Waals surface area contributed by atoms with Crippen LogP contribution in [-0.2, 0) is 4.84 Å². The molecule has 0 amide bonds. The topological polar surface area (TPSA) is 35.2 Å². The zero-order chi connectivity index (χ0) is 7.68. The van der Waals surface area contributed by atoms with Crippen LogP contribution in [0, 0.1) is 17.8 Å². The normalized spacial score (nSPS) is 40.3. The Morgan fingerprint density at radius 3 is 2.82 bits per heavy atom. The van der Waals surface area contributed by atoms with Crippen LogP contribution in [0.25, 0.3) is 0 Å². The molecule has 1 fully saturated rings. The van der Waals surface area contributed by atoms with Crippen molar-refractivity contribution in [2.75, 3.05) is 6.61 Å². The van der Waals surface area contributed by atoms with Crippen molar-refractivity contribution in [1.29, 1.82) is 0 Å². The summed E-state index contributed by atoms with van der Waals surface area (Å²) in [5, 5.41) is 0. The van der Waals surface area contributed by atoms with Gasteiger partial charge in [0.25, 0.3) is 0 Å². The van der Waals surface area contributed by atoms with E-state index in [2.05, 4.69) is 17.0 Å². The highest BCUT2D eigenvalue weighted by Gasteiger charge is 2.34. The second kappa shape index (κ2) is 2.95. The molecule has 3 atom stereocenters. The monoisotopic (exact) mass is 153 g/mol. The minimum Gasteiger partial charge on any atom is -0.305 e. The van der Waals surface area contributed by atoms with E-state index in [1.54, 1.807) is 0 Å². The Labute approximate surface area is 67.4 Å². The van der Waals surface area contributed by atoms with Crippen molar-refractivity contribution in [2.24, 2.45) is 23.7 Å². The zero-order valence-corrected chi connectivity index (χ0v) is 6.70. The highest BCUT2D eigenvalue weighted by molar-refractivity contribution is 5.09. The smallest absolute Gasteiger partial charge is 0.0682 e. The van der Waals surface area contributed by atoms with Gasteiger partial charge in [-0.15, -0.1) is 0 Å². The molecular weight excluding hydrogens is 138 g/mol. The maximum Gasteiger partial charge on any atom is 0.0682 e. The first kappa shape index (κ1) is 7.32. The molecule has 2 rings (SSSR count). The fraction of sp³-hybridized carbons (Fsp3) is 0.778. The van der Waals surface area contributed by atoms with E-state index in [9.17, 15) is 0 Å². The maximum absolute atomic E-state index is 4.99. The van der Waals surface area contributed by atoms with Crippen LogP contribution in [0.5, 0.6) is 0 Å². The molecule has 0 radical (unpaired) electrons. The second-order valence-corrected chi connectivity index (χ2v) is 3.70. The summed E-state index contributed by atoms with van der Waals surface area (Å²) in [7, 11) is 0. The van der Waals surface area contributed by atoms with Gasteiger partial charge in [0.2, 0.25) is 0 Å². The van der Waals surface area contributed by atoms with Crippen LogP contribution in [0.15, 0.2) is 12.2 Å². The third-order valence-corrected chi connectivity index (χ3v) is 3.02. The lowest BCUT2D eigenvalue weighted by atomic mass is 9.91. The molecule has 0 heterocycles. The molecule has 2 bridgehead atoms. The molecular formula is C9H15NO. The first-order valence-electron chi connectivity index (χ1n) is 4.40. The van der Waals surface area contributed by atoms with Gasteiger partial charge in [0.05, 0.1) is 6.61 Å². The van der Waals surface area contributed by atoms with Crippen molar-refractivity contribution in [1.82, 2.24) is 0 Å². The quantitative estimate of drug-likeness (QED) is 0.492. The Bertz CT molecular complexity index is 167. The molecule has 0 spiro atoms. The lowest BCUT2D eigenvalue weighted by Gasteiger charge is -2.16. The van der Waals surface area contributed by atoms with Gasteiger partial charge in [-0.05, 0) is 37.0 Å². The Balaban J connectivity index is 1.84. The predicted molar refractivity (Wildman–Crippen MR) is 43.6 cm³/mol. The third kappa shape index (κ3) is 1.33. The lowest BCUT2D eigenvalue weighted by molar-refractivity contribution is 0.119. The summed E-state index contributed by atoms with van der Waals surface area (Å²) in [5.74, 6) is 7.56. The third-order valence-electron chi connectivity index (χ3n) is 3.02. The molecule has 2 aliphatic carbocycles. The summed E-state index contributed by atoms with van der Waals surface area (Å²) in [6.07, 6.45) is 8.63. The summed E-state index contributed by atoms with van der Waals surface area (Å²) >= 11 is 0. The summed E-state index contributed by atoms with van der Waals surface area (Å²) < 4.78 is 0. The fourth-order valence-electron chi connectivity index (χ4n) is 2.45. The SMILES string of the molecule is NOCCC1CC2C=CC1C2. The van der Waals surface area contributed by atoms with Crippen LogP contribution in [0.2, 0.25) is 0 Å². The highest BCUT2D eigenvalue weighted by atomic mass is 16.6. The number of fused-ring (bicyclic) bond motifs is 2. The van der Waals surface area contributed by atoms with Crippen LogP contribution >= 0.6 is 0 Å². The second-order valence-electron chi connectivity index (χ2n) is 3.70. The number of hydrogen-bond donors (Lipinski definition) is 1. The Kier molecular flexibility index (Phi) is 1.96. The number of hydrogen-bond acceptors (Lipinski definition) is 2. The minimum absolute atomic E-state index is 0.724. The Morgan fingerprint density at radius 1 is 1.36 bits per heavy atom. The van der Waals surface area contributed by atoms with E-state index in [1.807, 2.05) is 0 Å². The summed E-state index contributed by atoms with van der Waals surface area (Å²) in [6, 6.07) is 0. The van der Waals surface area contributed by atoms with E-state index >= 15 is 0 Å². The molecule has 0 aromatic heterocycles. The van der Waals surface area contributed by atoms with Crippen LogP contribution in [0.4, 0.5) is 0 Å². The number of rotatable bonds is 3. The van der Waals surface area contributed by atoms with Gasteiger partial charge in [0.15, 0.2) is 0 Å². The maximum atomic E-state index is 4.99. The first-order valence-corrected chi connectivity index (χ1v) is 4.40. The standard InChI is InChI=1S/C9H15NO/c10-11-4-3-9-6-7-1-2-8(9)5-7/h1-2,7-9H,3-6,10H2. The van der Waals surface area contributed by atoms with Gasteiger partial charge in [-0.25, -0.2) is 5.90 Å².